The number of aryl methyl sites for hydroxylation is 1. The Morgan fingerprint density at radius 1 is 1.43 bits per heavy atom. The predicted molar refractivity (Wildman–Crippen MR) is 95.1 cm³/mol. The van der Waals surface area contributed by atoms with Gasteiger partial charge < -0.3 is 5.32 Å². The van der Waals surface area contributed by atoms with E-state index in [0.717, 1.165) is 26.1 Å². The van der Waals surface area contributed by atoms with Crippen molar-refractivity contribution in [3.8, 4) is 0 Å². The Bertz CT molecular complexity index is 590. The number of nitrogens with zero attached hydrogens (tertiary/aromatic N) is 2. The van der Waals surface area contributed by atoms with E-state index in [1.165, 1.54) is 16.7 Å². The zero-order chi connectivity index (χ0) is 17.0. The van der Waals surface area contributed by atoms with E-state index in [9.17, 15) is 4.79 Å². The minimum Gasteiger partial charge on any atom is -0.354 e. The molecular formula is C19H29N3O. The van der Waals surface area contributed by atoms with Crippen molar-refractivity contribution in [2.45, 2.75) is 46.6 Å². The van der Waals surface area contributed by atoms with E-state index in [1.54, 1.807) is 0 Å². The van der Waals surface area contributed by atoms with E-state index in [4.69, 9.17) is 0 Å². The molecule has 0 unspecified atom stereocenters. The first-order chi connectivity index (χ1) is 10.8. The molecule has 1 aromatic rings. The van der Waals surface area contributed by atoms with Crippen LogP contribution in [-0.4, -0.2) is 41.0 Å². The van der Waals surface area contributed by atoms with Gasteiger partial charge in [0.05, 0.1) is 5.54 Å². The maximum absolute atomic E-state index is 12.5. The second kappa shape index (κ2) is 7.26. The molecule has 0 fully saturated rings. The minimum atomic E-state index is -0.485. The summed E-state index contributed by atoms with van der Waals surface area (Å²) in [6.07, 6.45) is 6.96. The lowest BCUT2D eigenvalue weighted by Gasteiger charge is -2.39. The summed E-state index contributed by atoms with van der Waals surface area (Å²) in [7, 11) is 0. The van der Waals surface area contributed by atoms with Crippen LogP contribution in [0.5, 0.6) is 0 Å². The van der Waals surface area contributed by atoms with Crippen molar-refractivity contribution in [3.05, 3.63) is 35.7 Å². The van der Waals surface area contributed by atoms with E-state index in [2.05, 4.69) is 42.0 Å². The summed E-state index contributed by atoms with van der Waals surface area (Å²) in [5.41, 5.74) is 3.34. The molecule has 126 valence electrons. The standard InChI is InChI=1S/C19H29N3O/c1-14(2)12-21-18(23)19(4,5)22-10-7-16(8-11-22)17-13-20-9-6-15(17)3/h6-7,9,13-14H,8,10-12H2,1-5H3,(H,21,23). The largest absolute Gasteiger partial charge is 0.354 e. The van der Waals surface area contributed by atoms with Gasteiger partial charge in [-0.25, -0.2) is 0 Å². The Labute approximate surface area is 140 Å². The molecule has 4 nitrogen and oxygen atoms in total. The molecule has 2 rings (SSSR count). The maximum atomic E-state index is 12.5. The average Bonchev–Trinajstić information content (AvgIpc) is 2.53. The Balaban J connectivity index is 2.05. The third kappa shape index (κ3) is 4.20. The molecule has 0 bridgehead atoms. The van der Waals surface area contributed by atoms with Crippen LogP contribution in [0.25, 0.3) is 5.57 Å². The molecule has 0 saturated carbocycles. The van der Waals surface area contributed by atoms with Crippen LogP contribution in [0.4, 0.5) is 0 Å². The van der Waals surface area contributed by atoms with Crippen molar-refractivity contribution in [1.82, 2.24) is 15.2 Å². The van der Waals surface area contributed by atoms with Crippen LogP contribution in [0.2, 0.25) is 0 Å². The van der Waals surface area contributed by atoms with E-state index in [1.807, 2.05) is 32.3 Å². The molecule has 0 spiro atoms. The number of hydrogen-bond donors (Lipinski definition) is 1. The quantitative estimate of drug-likeness (QED) is 0.908. The van der Waals surface area contributed by atoms with Gasteiger partial charge in [-0.15, -0.1) is 0 Å². The first-order valence-electron chi connectivity index (χ1n) is 8.45. The number of pyridine rings is 1. The molecule has 23 heavy (non-hydrogen) atoms. The second-order valence-corrected chi connectivity index (χ2v) is 7.28. The van der Waals surface area contributed by atoms with Crippen LogP contribution in [0, 0.1) is 12.8 Å². The number of aromatic nitrogens is 1. The van der Waals surface area contributed by atoms with Crippen LogP contribution in [0.15, 0.2) is 24.5 Å². The highest BCUT2D eigenvalue weighted by Crippen LogP contribution is 2.27. The second-order valence-electron chi connectivity index (χ2n) is 7.28. The van der Waals surface area contributed by atoms with Gasteiger partial charge in [0.15, 0.2) is 0 Å². The molecule has 4 heteroatoms. The highest BCUT2D eigenvalue weighted by Gasteiger charge is 2.35. The van der Waals surface area contributed by atoms with Gasteiger partial charge >= 0.3 is 0 Å². The fourth-order valence-corrected chi connectivity index (χ4v) is 2.88. The third-order valence-corrected chi connectivity index (χ3v) is 4.61. The van der Waals surface area contributed by atoms with Gasteiger partial charge in [-0.2, -0.15) is 0 Å². The van der Waals surface area contributed by atoms with E-state index >= 15 is 0 Å². The summed E-state index contributed by atoms with van der Waals surface area (Å²) >= 11 is 0. The number of nitrogens with one attached hydrogen (secondary N) is 1. The summed E-state index contributed by atoms with van der Waals surface area (Å²) < 4.78 is 0. The molecule has 1 aliphatic rings. The smallest absolute Gasteiger partial charge is 0.239 e. The van der Waals surface area contributed by atoms with Gasteiger partial charge in [0.25, 0.3) is 0 Å². The first-order valence-corrected chi connectivity index (χ1v) is 8.45. The summed E-state index contributed by atoms with van der Waals surface area (Å²) in [6.45, 7) is 12.8. The van der Waals surface area contributed by atoms with Crippen molar-refractivity contribution in [2.24, 2.45) is 5.92 Å². The van der Waals surface area contributed by atoms with E-state index in [0.29, 0.717) is 5.92 Å². The van der Waals surface area contributed by atoms with Crippen molar-refractivity contribution < 1.29 is 4.79 Å². The van der Waals surface area contributed by atoms with Crippen molar-refractivity contribution in [2.75, 3.05) is 19.6 Å². The van der Waals surface area contributed by atoms with Gasteiger partial charge in [0.1, 0.15) is 0 Å². The molecule has 0 atom stereocenters. The third-order valence-electron chi connectivity index (χ3n) is 4.61. The van der Waals surface area contributed by atoms with Gasteiger partial charge in [0.2, 0.25) is 5.91 Å². The Morgan fingerprint density at radius 3 is 2.74 bits per heavy atom. The molecule has 1 aromatic heterocycles. The number of carbonyl (C=O) groups is 1. The highest BCUT2D eigenvalue weighted by molar-refractivity contribution is 5.85. The predicted octanol–water partition coefficient (Wildman–Crippen LogP) is 3.03. The molecule has 0 aliphatic carbocycles. The van der Waals surface area contributed by atoms with Crippen LogP contribution < -0.4 is 5.32 Å². The fraction of sp³-hybridized carbons (Fsp3) is 0.579. The zero-order valence-electron chi connectivity index (χ0n) is 15.0. The van der Waals surface area contributed by atoms with Crippen LogP contribution >= 0.6 is 0 Å². The Hall–Kier alpha value is -1.68. The van der Waals surface area contributed by atoms with E-state index in [-0.39, 0.29) is 5.91 Å². The molecule has 1 aliphatic heterocycles. The molecule has 1 amide bonds. The van der Waals surface area contributed by atoms with Crippen LogP contribution in [-0.2, 0) is 4.79 Å². The van der Waals surface area contributed by atoms with Crippen LogP contribution in [0.1, 0.15) is 45.2 Å². The van der Waals surface area contributed by atoms with Crippen molar-refractivity contribution in [1.29, 1.82) is 0 Å². The topological polar surface area (TPSA) is 45.2 Å². The number of amides is 1. The SMILES string of the molecule is Cc1ccncc1C1=CCN(C(C)(C)C(=O)NCC(C)C)CC1. The highest BCUT2D eigenvalue weighted by atomic mass is 16.2. The minimum absolute atomic E-state index is 0.112. The lowest BCUT2D eigenvalue weighted by Crippen LogP contribution is -2.56. The van der Waals surface area contributed by atoms with Crippen LogP contribution in [0.3, 0.4) is 0 Å². The summed E-state index contributed by atoms with van der Waals surface area (Å²) in [5.74, 6) is 0.580. The molecular weight excluding hydrogens is 286 g/mol. The molecule has 0 radical (unpaired) electrons. The molecule has 0 saturated heterocycles. The van der Waals surface area contributed by atoms with Gasteiger partial charge in [-0.1, -0.05) is 19.9 Å². The monoisotopic (exact) mass is 315 g/mol. The van der Waals surface area contributed by atoms with Crippen molar-refractivity contribution >= 4 is 11.5 Å². The lowest BCUT2D eigenvalue weighted by atomic mass is 9.93. The first kappa shape index (κ1) is 17.7. The maximum Gasteiger partial charge on any atom is 0.239 e. The Kier molecular flexibility index (Phi) is 5.58. The fourth-order valence-electron chi connectivity index (χ4n) is 2.88. The summed E-state index contributed by atoms with van der Waals surface area (Å²) in [4.78, 5) is 19.0. The number of carbonyl (C=O) groups excluding carboxylic acids is 1. The molecule has 1 N–H and O–H groups in total. The van der Waals surface area contributed by atoms with Gasteiger partial charge in [-0.05, 0) is 55.9 Å². The zero-order valence-corrected chi connectivity index (χ0v) is 15.0. The molecule has 0 aromatic carbocycles. The molecule has 2 heterocycles. The van der Waals surface area contributed by atoms with E-state index < -0.39 is 5.54 Å². The normalized spacial score (nSPS) is 16.3. The average molecular weight is 315 g/mol. The van der Waals surface area contributed by atoms with Gasteiger partial charge in [-0.3, -0.25) is 14.7 Å². The van der Waals surface area contributed by atoms with Gasteiger partial charge in [0, 0.05) is 32.0 Å². The number of rotatable bonds is 5. The summed E-state index contributed by atoms with van der Waals surface area (Å²) in [5, 5.41) is 3.06. The lowest BCUT2D eigenvalue weighted by molar-refractivity contribution is -0.131. The Morgan fingerprint density at radius 2 is 2.17 bits per heavy atom. The van der Waals surface area contributed by atoms with Crippen molar-refractivity contribution in [3.63, 3.8) is 0 Å². The summed E-state index contributed by atoms with van der Waals surface area (Å²) in [6, 6.07) is 2.05. The number of hydrogen-bond acceptors (Lipinski definition) is 3.